The minimum Gasteiger partial charge on any atom is -0.465 e. The molecule has 1 saturated heterocycles. The van der Waals surface area contributed by atoms with Gasteiger partial charge in [-0.05, 0) is 24.6 Å². The molecule has 1 aliphatic rings. The summed E-state index contributed by atoms with van der Waals surface area (Å²) in [6.45, 7) is 3.67. The molecule has 1 N–H and O–H groups in total. The van der Waals surface area contributed by atoms with Gasteiger partial charge >= 0.3 is 5.97 Å². The zero-order valence-corrected chi connectivity index (χ0v) is 14.2. The molecular weight excluding hydrogens is 328 g/mol. The second-order valence-corrected chi connectivity index (χ2v) is 7.03. The quantitative estimate of drug-likeness (QED) is 0.822. The van der Waals surface area contributed by atoms with Gasteiger partial charge in [-0.2, -0.15) is 4.31 Å². The standard InChI is InChI=1S/C14H20N2O4S.ClH/c1-11-9-15-6-7-16(11)21(18,19)10-12-4-3-5-13(8-12)14(17)20-2;/h3-5,8,11,15H,6-7,9-10H2,1-2H3;1H/t11-;/m1./s1. The normalized spacial score (nSPS) is 19.3. The summed E-state index contributed by atoms with van der Waals surface area (Å²) in [5, 5.41) is 3.16. The van der Waals surface area contributed by atoms with E-state index in [0.717, 1.165) is 0 Å². The molecule has 1 heterocycles. The van der Waals surface area contributed by atoms with Crippen LogP contribution in [0.4, 0.5) is 0 Å². The molecule has 2 rings (SSSR count). The Labute approximate surface area is 137 Å². The highest BCUT2D eigenvalue weighted by Crippen LogP contribution is 2.16. The number of nitrogens with zero attached hydrogens (tertiary/aromatic N) is 1. The number of halogens is 1. The van der Waals surface area contributed by atoms with Gasteiger partial charge in [0.05, 0.1) is 18.4 Å². The number of benzene rings is 1. The number of rotatable bonds is 4. The van der Waals surface area contributed by atoms with Crippen molar-refractivity contribution in [3.05, 3.63) is 35.4 Å². The maximum Gasteiger partial charge on any atom is 0.337 e. The predicted molar refractivity (Wildman–Crippen MR) is 86.7 cm³/mol. The molecule has 6 nitrogen and oxygen atoms in total. The van der Waals surface area contributed by atoms with E-state index < -0.39 is 16.0 Å². The van der Waals surface area contributed by atoms with Crippen LogP contribution in [-0.4, -0.2) is 51.5 Å². The van der Waals surface area contributed by atoms with Crippen LogP contribution in [0.2, 0.25) is 0 Å². The smallest absolute Gasteiger partial charge is 0.337 e. The van der Waals surface area contributed by atoms with Gasteiger partial charge in [0.2, 0.25) is 10.0 Å². The zero-order valence-electron chi connectivity index (χ0n) is 12.6. The molecule has 1 fully saturated rings. The van der Waals surface area contributed by atoms with Crippen molar-refractivity contribution >= 4 is 28.4 Å². The molecule has 0 spiro atoms. The lowest BCUT2D eigenvalue weighted by Gasteiger charge is -2.32. The molecule has 8 heteroatoms. The Morgan fingerprint density at radius 1 is 1.45 bits per heavy atom. The number of methoxy groups -OCH3 is 1. The molecule has 1 aromatic rings. The van der Waals surface area contributed by atoms with Crippen LogP contribution >= 0.6 is 12.4 Å². The van der Waals surface area contributed by atoms with Crippen molar-refractivity contribution in [2.45, 2.75) is 18.7 Å². The Bertz CT molecular complexity index is 621. The Morgan fingerprint density at radius 2 is 2.18 bits per heavy atom. The first-order valence-corrected chi connectivity index (χ1v) is 8.42. The van der Waals surface area contributed by atoms with E-state index >= 15 is 0 Å². The molecule has 0 radical (unpaired) electrons. The molecule has 0 bridgehead atoms. The number of hydrogen-bond donors (Lipinski definition) is 1. The van der Waals surface area contributed by atoms with Crippen molar-refractivity contribution < 1.29 is 17.9 Å². The lowest BCUT2D eigenvalue weighted by Crippen LogP contribution is -2.52. The van der Waals surface area contributed by atoms with Gasteiger partial charge in [0.1, 0.15) is 0 Å². The van der Waals surface area contributed by atoms with Gasteiger partial charge in [-0.3, -0.25) is 0 Å². The van der Waals surface area contributed by atoms with E-state index in [1.165, 1.54) is 11.4 Å². The van der Waals surface area contributed by atoms with E-state index in [9.17, 15) is 13.2 Å². The van der Waals surface area contributed by atoms with Crippen LogP contribution in [0, 0.1) is 0 Å². The molecule has 0 aliphatic carbocycles. The molecule has 124 valence electrons. The van der Waals surface area contributed by atoms with Crippen molar-refractivity contribution in [2.75, 3.05) is 26.7 Å². The third kappa shape index (κ3) is 4.42. The summed E-state index contributed by atoms with van der Waals surface area (Å²) in [4.78, 5) is 11.5. The van der Waals surface area contributed by atoms with Crippen LogP contribution in [-0.2, 0) is 20.5 Å². The fourth-order valence-electron chi connectivity index (χ4n) is 2.44. The Hall–Kier alpha value is -1.15. The maximum absolute atomic E-state index is 12.5. The molecule has 0 unspecified atom stereocenters. The summed E-state index contributed by atoms with van der Waals surface area (Å²) < 4.78 is 31.2. The molecule has 0 aromatic heterocycles. The van der Waals surface area contributed by atoms with Crippen molar-refractivity contribution in [3.63, 3.8) is 0 Å². The van der Waals surface area contributed by atoms with Gasteiger partial charge in [-0.1, -0.05) is 12.1 Å². The summed E-state index contributed by atoms with van der Waals surface area (Å²) in [6.07, 6.45) is 0. The lowest BCUT2D eigenvalue weighted by molar-refractivity contribution is 0.0600. The van der Waals surface area contributed by atoms with E-state index in [4.69, 9.17) is 0 Å². The molecule has 1 aliphatic heterocycles. The van der Waals surface area contributed by atoms with Crippen LogP contribution in [0.5, 0.6) is 0 Å². The first kappa shape index (κ1) is 18.9. The lowest BCUT2D eigenvalue weighted by atomic mass is 10.1. The van der Waals surface area contributed by atoms with Crippen molar-refractivity contribution in [1.82, 2.24) is 9.62 Å². The van der Waals surface area contributed by atoms with Gasteiger partial charge in [-0.15, -0.1) is 12.4 Å². The van der Waals surface area contributed by atoms with E-state index in [-0.39, 0.29) is 24.2 Å². The first-order valence-electron chi connectivity index (χ1n) is 6.81. The van der Waals surface area contributed by atoms with Crippen molar-refractivity contribution in [3.8, 4) is 0 Å². The number of nitrogens with one attached hydrogen (secondary N) is 1. The van der Waals surface area contributed by atoms with Gasteiger partial charge in [-0.25, -0.2) is 13.2 Å². The van der Waals surface area contributed by atoms with Gasteiger partial charge in [0.15, 0.2) is 0 Å². The molecule has 1 aromatic carbocycles. The Morgan fingerprint density at radius 3 is 2.82 bits per heavy atom. The van der Waals surface area contributed by atoms with E-state index in [2.05, 4.69) is 10.1 Å². The van der Waals surface area contributed by atoms with Crippen molar-refractivity contribution in [1.29, 1.82) is 0 Å². The number of esters is 1. The number of hydrogen-bond acceptors (Lipinski definition) is 5. The predicted octanol–water partition coefficient (Wildman–Crippen LogP) is 1.02. The number of piperazine rings is 1. The Balaban J connectivity index is 0.00000242. The third-order valence-corrected chi connectivity index (χ3v) is 5.45. The fraction of sp³-hybridized carbons (Fsp3) is 0.500. The third-order valence-electron chi connectivity index (χ3n) is 3.49. The Kier molecular flexibility index (Phi) is 6.80. The number of carbonyl (C=O) groups excluding carboxylic acids is 1. The number of carbonyl (C=O) groups is 1. The summed E-state index contributed by atoms with van der Waals surface area (Å²) in [5.41, 5.74) is 0.946. The summed E-state index contributed by atoms with van der Waals surface area (Å²) >= 11 is 0. The number of sulfonamides is 1. The second-order valence-electron chi connectivity index (χ2n) is 5.11. The van der Waals surface area contributed by atoms with Crippen LogP contribution in [0.15, 0.2) is 24.3 Å². The van der Waals surface area contributed by atoms with Crippen LogP contribution in [0.25, 0.3) is 0 Å². The summed E-state index contributed by atoms with van der Waals surface area (Å²) in [6, 6.07) is 6.48. The number of ether oxygens (including phenoxy) is 1. The topological polar surface area (TPSA) is 75.7 Å². The van der Waals surface area contributed by atoms with E-state index in [1.807, 2.05) is 6.92 Å². The molecule has 0 amide bonds. The minimum atomic E-state index is -3.39. The second kappa shape index (κ2) is 7.92. The molecule has 1 atom stereocenters. The molecule has 22 heavy (non-hydrogen) atoms. The highest BCUT2D eigenvalue weighted by atomic mass is 35.5. The van der Waals surface area contributed by atoms with Crippen LogP contribution in [0.3, 0.4) is 0 Å². The van der Waals surface area contributed by atoms with E-state index in [1.54, 1.807) is 24.3 Å². The SMILES string of the molecule is COC(=O)c1cccc(CS(=O)(=O)N2CCNC[C@H]2C)c1.Cl. The highest BCUT2D eigenvalue weighted by molar-refractivity contribution is 7.88. The monoisotopic (exact) mass is 348 g/mol. The molecular formula is C14H21ClN2O4S. The van der Waals surface area contributed by atoms with Crippen molar-refractivity contribution in [2.24, 2.45) is 0 Å². The average molecular weight is 349 g/mol. The van der Waals surface area contributed by atoms with Crippen LogP contribution < -0.4 is 5.32 Å². The summed E-state index contributed by atoms with van der Waals surface area (Å²) in [7, 11) is -2.09. The zero-order chi connectivity index (χ0) is 15.5. The summed E-state index contributed by atoms with van der Waals surface area (Å²) in [5.74, 6) is -0.577. The van der Waals surface area contributed by atoms with Crippen LogP contribution in [0.1, 0.15) is 22.8 Å². The average Bonchev–Trinajstić information content (AvgIpc) is 2.46. The minimum absolute atomic E-state index is 0. The highest BCUT2D eigenvalue weighted by Gasteiger charge is 2.29. The van der Waals surface area contributed by atoms with Gasteiger partial charge in [0.25, 0.3) is 0 Å². The van der Waals surface area contributed by atoms with Gasteiger partial charge < -0.3 is 10.1 Å². The largest absolute Gasteiger partial charge is 0.465 e. The van der Waals surface area contributed by atoms with Gasteiger partial charge in [0, 0.05) is 25.7 Å². The fourth-order valence-corrected chi connectivity index (χ4v) is 4.19. The maximum atomic E-state index is 12.5. The van der Waals surface area contributed by atoms with E-state index in [0.29, 0.717) is 30.8 Å². The first-order chi connectivity index (χ1) is 9.94. The molecule has 0 saturated carbocycles.